The summed E-state index contributed by atoms with van der Waals surface area (Å²) < 4.78 is 24.2. The zero-order chi connectivity index (χ0) is 16.6. The van der Waals surface area contributed by atoms with E-state index in [2.05, 4.69) is 27.7 Å². The largest absolute Gasteiger partial charge is 0.357 e. The first-order chi connectivity index (χ1) is 10.7. The van der Waals surface area contributed by atoms with Crippen molar-refractivity contribution in [1.82, 2.24) is 0 Å². The Hall–Kier alpha value is 0.584. The minimum absolute atomic E-state index is 1.16. The normalized spacial score (nSPS) is 12.0. The molecule has 0 spiro atoms. The lowest BCUT2D eigenvalue weighted by Crippen LogP contribution is -2.18. The monoisotopic (exact) mass is 366 g/mol. The van der Waals surface area contributed by atoms with Crippen LogP contribution in [0.1, 0.15) is 79.1 Å². The lowest BCUT2D eigenvalue weighted by molar-refractivity contribution is 0.415. The van der Waals surface area contributed by atoms with Gasteiger partial charge in [-0.25, -0.2) is 0 Å². The summed E-state index contributed by atoms with van der Waals surface area (Å²) in [6, 6.07) is 4.64. The van der Waals surface area contributed by atoms with Gasteiger partial charge in [0.05, 0.1) is 0 Å². The van der Waals surface area contributed by atoms with Gasteiger partial charge in [0.2, 0.25) is 0 Å². The Balaban J connectivity index is 4.27. The molecule has 0 saturated heterocycles. The van der Waals surface area contributed by atoms with E-state index in [4.69, 9.17) is 8.43 Å². The summed E-state index contributed by atoms with van der Waals surface area (Å²) >= 11 is 0. The molecule has 0 amide bonds. The molecule has 3 nitrogen and oxygen atoms in total. The first kappa shape index (κ1) is 22.6. The van der Waals surface area contributed by atoms with Crippen molar-refractivity contribution < 1.29 is 13.0 Å². The molecule has 0 aromatic heterocycles. The minimum Gasteiger partial charge on any atom is -0.357 e. The lowest BCUT2D eigenvalue weighted by atomic mass is 10.4. The average Bonchev–Trinajstić information content (AvgIpc) is 2.52. The van der Waals surface area contributed by atoms with E-state index < -0.39 is 26.3 Å². The predicted octanol–water partition coefficient (Wildman–Crippen LogP) is 6.06. The molecular weight excluding hydrogens is 327 g/mol. The summed E-state index contributed by atoms with van der Waals surface area (Å²) in [6.45, 7) is 8.85. The fraction of sp³-hybridized carbons (Fsp3) is 1.00. The smallest absolute Gasteiger partial charge is 0.299 e. The number of rotatable bonds is 16. The Bertz CT molecular complexity index is 228. The van der Waals surface area contributed by atoms with Gasteiger partial charge in [-0.2, -0.15) is 0 Å². The molecule has 0 atom stereocenters. The van der Waals surface area contributed by atoms with Crippen LogP contribution < -0.4 is 0 Å². The number of unbranched alkanes of at least 4 members (excludes halogenated alkanes) is 4. The molecule has 0 saturated carbocycles. The second-order valence-electron chi connectivity index (χ2n) is 6.30. The van der Waals surface area contributed by atoms with Gasteiger partial charge in [0.1, 0.15) is 0 Å². The van der Waals surface area contributed by atoms with Crippen LogP contribution in [-0.4, -0.2) is 18.1 Å². The van der Waals surface area contributed by atoms with E-state index in [0.29, 0.717) is 0 Å². The second kappa shape index (κ2) is 16.4. The van der Waals surface area contributed by atoms with Crippen LogP contribution in [-0.2, 0) is 13.0 Å². The predicted molar refractivity (Wildman–Crippen MR) is 104 cm³/mol. The summed E-state index contributed by atoms with van der Waals surface area (Å²) in [4.78, 5) is 0. The third-order valence-corrected chi connectivity index (χ3v) is 12.5. The zero-order valence-corrected chi connectivity index (χ0v) is 18.7. The molecule has 6 heteroatoms. The molecule has 0 unspecified atom stereocenters. The topological polar surface area (TPSA) is 35.5 Å². The number of hydrogen-bond acceptors (Lipinski definition) is 3. The molecule has 0 aliphatic heterocycles. The van der Waals surface area contributed by atoms with Crippen LogP contribution in [0.5, 0.6) is 0 Å². The molecule has 0 aromatic carbocycles. The van der Waals surface area contributed by atoms with E-state index in [1.165, 1.54) is 51.4 Å². The van der Waals surface area contributed by atoms with Crippen molar-refractivity contribution >= 4 is 26.3 Å². The minimum atomic E-state index is -2.23. The van der Waals surface area contributed by atoms with Gasteiger partial charge >= 0.3 is 0 Å². The molecule has 134 valence electrons. The molecule has 0 radical (unpaired) electrons. The van der Waals surface area contributed by atoms with Crippen LogP contribution >= 0.6 is 8.25 Å². The number of hydrogen-bond donors (Lipinski definition) is 0. The highest BCUT2D eigenvalue weighted by Gasteiger charge is 2.19. The van der Waals surface area contributed by atoms with Crippen LogP contribution in [0.4, 0.5) is 0 Å². The van der Waals surface area contributed by atoms with Gasteiger partial charge in [-0.3, -0.25) is 4.57 Å². The van der Waals surface area contributed by atoms with E-state index in [9.17, 15) is 4.57 Å². The molecule has 0 bridgehead atoms. The van der Waals surface area contributed by atoms with Gasteiger partial charge in [0.15, 0.2) is 18.1 Å². The summed E-state index contributed by atoms with van der Waals surface area (Å²) in [7, 11) is -4.85. The molecule has 0 fully saturated rings. The quantitative estimate of drug-likeness (QED) is 0.246. The Kier molecular flexibility index (Phi) is 16.9. The van der Waals surface area contributed by atoms with E-state index >= 15 is 0 Å². The molecule has 0 aliphatic rings. The summed E-state index contributed by atoms with van der Waals surface area (Å²) in [6.07, 6.45) is 9.64. The van der Waals surface area contributed by atoms with E-state index in [1.807, 2.05) is 0 Å². The van der Waals surface area contributed by atoms with Crippen molar-refractivity contribution in [3.05, 3.63) is 0 Å². The molecule has 0 aromatic rings. The Morgan fingerprint density at radius 1 is 0.636 bits per heavy atom. The Labute approximate surface area is 143 Å². The van der Waals surface area contributed by atoms with Gasteiger partial charge in [0.25, 0.3) is 8.25 Å². The highest BCUT2D eigenvalue weighted by Crippen LogP contribution is 2.32. The van der Waals surface area contributed by atoms with Gasteiger partial charge in [-0.05, 0) is 24.2 Å². The molecule has 0 heterocycles. The standard InChI is InChI=1S/C16H39O3PSi2/c1-5-9-13-21(14-10-6-2)18-20(17)19-22(15-11-7-3)16-12-8-4/h20-22H,5-16H2,1-4H3. The molecule has 0 rings (SSSR count). The summed E-state index contributed by atoms with van der Waals surface area (Å²) in [5.74, 6) is 0. The highest BCUT2D eigenvalue weighted by molar-refractivity contribution is 7.37. The summed E-state index contributed by atoms with van der Waals surface area (Å²) in [5.41, 5.74) is 0. The van der Waals surface area contributed by atoms with Crippen LogP contribution in [0.2, 0.25) is 24.2 Å². The zero-order valence-electron chi connectivity index (χ0n) is 15.4. The van der Waals surface area contributed by atoms with Crippen LogP contribution in [0.3, 0.4) is 0 Å². The third-order valence-electron chi connectivity index (χ3n) is 4.04. The Morgan fingerprint density at radius 3 is 1.14 bits per heavy atom. The lowest BCUT2D eigenvalue weighted by Gasteiger charge is -2.19. The molecule has 22 heavy (non-hydrogen) atoms. The van der Waals surface area contributed by atoms with E-state index in [0.717, 1.165) is 24.2 Å². The Morgan fingerprint density at radius 2 is 0.909 bits per heavy atom. The average molecular weight is 367 g/mol. The molecule has 0 N–H and O–H groups in total. The first-order valence-electron chi connectivity index (χ1n) is 9.55. The van der Waals surface area contributed by atoms with E-state index in [1.54, 1.807) is 0 Å². The molecule has 0 aliphatic carbocycles. The van der Waals surface area contributed by atoms with Crippen molar-refractivity contribution in [2.45, 2.75) is 103 Å². The van der Waals surface area contributed by atoms with Gasteiger partial charge < -0.3 is 8.43 Å². The van der Waals surface area contributed by atoms with Crippen LogP contribution in [0.15, 0.2) is 0 Å². The molecular formula is C16H39O3PSi2. The highest BCUT2D eigenvalue weighted by atomic mass is 31.1. The van der Waals surface area contributed by atoms with Crippen molar-refractivity contribution in [2.24, 2.45) is 0 Å². The van der Waals surface area contributed by atoms with Crippen molar-refractivity contribution in [1.29, 1.82) is 0 Å². The van der Waals surface area contributed by atoms with Crippen molar-refractivity contribution in [2.75, 3.05) is 0 Å². The fourth-order valence-corrected chi connectivity index (χ4v) is 11.4. The van der Waals surface area contributed by atoms with Crippen molar-refractivity contribution in [3.63, 3.8) is 0 Å². The SMILES string of the molecule is CCCC[SiH](CCCC)O[PH](=O)O[SiH](CCCC)CCCC. The van der Waals surface area contributed by atoms with Crippen LogP contribution in [0, 0.1) is 0 Å². The maximum absolute atomic E-state index is 12.3. The fourth-order valence-electron chi connectivity index (χ4n) is 2.55. The third kappa shape index (κ3) is 13.1. The van der Waals surface area contributed by atoms with Gasteiger partial charge in [-0.1, -0.05) is 79.1 Å². The maximum Gasteiger partial charge on any atom is 0.299 e. The summed E-state index contributed by atoms with van der Waals surface area (Å²) in [5, 5.41) is 0. The maximum atomic E-state index is 12.3. The van der Waals surface area contributed by atoms with Crippen molar-refractivity contribution in [3.8, 4) is 0 Å². The van der Waals surface area contributed by atoms with Gasteiger partial charge in [-0.15, -0.1) is 0 Å². The van der Waals surface area contributed by atoms with E-state index in [-0.39, 0.29) is 0 Å². The first-order valence-corrected chi connectivity index (χ1v) is 15.0. The van der Waals surface area contributed by atoms with Gasteiger partial charge in [0, 0.05) is 0 Å². The second-order valence-corrected chi connectivity index (χ2v) is 13.5. The van der Waals surface area contributed by atoms with Crippen LogP contribution in [0.25, 0.3) is 0 Å².